The number of carbonyl (C=O) groups is 1. The second-order valence-corrected chi connectivity index (χ2v) is 5.49. The van der Waals surface area contributed by atoms with E-state index in [0.717, 1.165) is 21.3 Å². The van der Waals surface area contributed by atoms with E-state index < -0.39 is 6.09 Å². The number of benzene rings is 2. The van der Waals surface area contributed by atoms with Crippen molar-refractivity contribution < 1.29 is 14.3 Å². The SMILES string of the molecule is CCOC(=O)NN=Cc1ccc(OCc2ccc(Br)cc2)cc1. The Kier molecular flexibility index (Phi) is 6.62. The third-order valence-electron chi connectivity index (χ3n) is 2.84. The van der Waals surface area contributed by atoms with Gasteiger partial charge in [0.2, 0.25) is 0 Å². The predicted molar refractivity (Wildman–Crippen MR) is 92.7 cm³/mol. The molecule has 0 saturated heterocycles. The molecule has 0 heterocycles. The van der Waals surface area contributed by atoms with E-state index in [2.05, 4.69) is 26.5 Å². The number of hydrogen-bond donors (Lipinski definition) is 1. The molecule has 0 spiro atoms. The summed E-state index contributed by atoms with van der Waals surface area (Å²) >= 11 is 3.40. The minimum atomic E-state index is -0.571. The van der Waals surface area contributed by atoms with Crippen molar-refractivity contribution in [3.63, 3.8) is 0 Å². The van der Waals surface area contributed by atoms with Crippen LogP contribution in [0.1, 0.15) is 18.1 Å². The molecule has 2 rings (SSSR count). The largest absolute Gasteiger partial charge is 0.489 e. The van der Waals surface area contributed by atoms with Crippen LogP contribution in [-0.4, -0.2) is 18.9 Å². The highest BCUT2D eigenvalue weighted by molar-refractivity contribution is 9.10. The number of ether oxygens (including phenoxy) is 2. The smallest absolute Gasteiger partial charge is 0.427 e. The molecule has 23 heavy (non-hydrogen) atoms. The van der Waals surface area contributed by atoms with Crippen LogP contribution in [0.4, 0.5) is 4.79 Å². The first-order valence-electron chi connectivity index (χ1n) is 7.10. The van der Waals surface area contributed by atoms with Gasteiger partial charge in [-0.1, -0.05) is 28.1 Å². The monoisotopic (exact) mass is 376 g/mol. The lowest BCUT2D eigenvalue weighted by Crippen LogP contribution is -2.18. The average molecular weight is 377 g/mol. The highest BCUT2D eigenvalue weighted by Crippen LogP contribution is 2.15. The zero-order chi connectivity index (χ0) is 16.5. The topological polar surface area (TPSA) is 59.9 Å². The summed E-state index contributed by atoms with van der Waals surface area (Å²) in [5.41, 5.74) is 4.21. The predicted octanol–water partition coefficient (Wildman–Crippen LogP) is 4.11. The van der Waals surface area contributed by atoms with Crippen molar-refractivity contribution >= 4 is 28.2 Å². The van der Waals surface area contributed by atoms with Crippen LogP contribution in [0, 0.1) is 0 Å². The van der Waals surface area contributed by atoms with Gasteiger partial charge in [-0.25, -0.2) is 10.2 Å². The molecule has 1 amide bonds. The van der Waals surface area contributed by atoms with Gasteiger partial charge >= 0.3 is 6.09 Å². The molecule has 6 heteroatoms. The van der Waals surface area contributed by atoms with Crippen LogP contribution in [0.2, 0.25) is 0 Å². The van der Waals surface area contributed by atoms with E-state index in [1.54, 1.807) is 6.92 Å². The molecule has 1 N–H and O–H groups in total. The van der Waals surface area contributed by atoms with Crippen molar-refractivity contribution in [3.05, 3.63) is 64.1 Å². The molecule has 2 aromatic carbocycles. The quantitative estimate of drug-likeness (QED) is 0.609. The number of hydrogen-bond acceptors (Lipinski definition) is 4. The molecular weight excluding hydrogens is 360 g/mol. The lowest BCUT2D eigenvalue weighted by atomic mass is 10.2. The van der Waals surface area contributed by atoms with Crippen molar-refractivity contribution in [2.24, 2.45) is 5.10 Å². The lowest BCUT2D eigenvalue weighted by molar-refractivity contribution is 0.152. The number of nitrogens with zero attached hydrogens (tertiary/aromatic N) is 1. The van der Waals surface area contributed by atoms with E-state index in [1.165, 1.54) is 6.21 Å². The summed E-state index contributed by atoms with van der Waals surface area (Å²) in [4.78, 5) is 11.1. The Morgan fingerprint density at radius 1 is 1.17 bits per heavy atom. The van der Waals surface area contributed by atoms with Gasteiger partial charge in [0.25, 0.3) is 0 Å². The van der Waals surface area contributed by atoms with Gasteiger partial charge in [0.05, 0.1) is 12.8 Å². The van der Waals surface area contributed by atoms with Crippen LogP contribution in [0.25, 0.3) is 0 Å². The van der Waals surface area contributed by atoms with E-state index >= 15 is 0 Å². The molecule has 0 atom stereocenters. The van der Waals surface area contributed by atoms with Crippen LogP contribution >= 0.6 is 15.9 Å². The number of halogens is 1. The molecule has 0 unspecified atom stereocenters. The number of amides is 1. The minimum Gasteiger partial charge on any atom is -0.489 e. The molecule has 5 nitrogen and oxygen atoms in total. The molecule has 0 aliphatic carbocycles. The first-order chi connectivity index (χ1) is 11.2. The first-order valence-corrected chi connectivity index (χ1v) is 7.90. The van der Waals surface area contributed by atoms with Gasteiger partial charge in [-0.15, -0.1) is 0 Å². The Labute approximate surface area is 143 Å². The van der Waals surface area contributed by atoms with Gasteiger partial charge in [0, 0.05) is 4.47 Å². The Hall–Kier alpha value is -2.34. The Balaban J connectivity index is 1.83. The summed E-state index contributed by atoms with van der Waals surface area (Å²) in [5, 5.41) is 3.80. The third-order valence-corrected chi connectivity index (χ3v) is 3.37. The lowest BCUT2D eigenvalue weighted by Gasteiger charge is -2.06. The highest BCUT2D eigenvalue weighted by atomic mass is 79.9. The fraction of sp³-hybridized carbons (Fsp3) is 0.176. The molecule has 0 saturated carbocycles. The van der Waals surface area contributed by atoms with Gasteiger partial charge in [-0.2, -0.15) is 5.10 Å². The molecule has 0 aliphatic heterocycles. The molecule has 0 radical (unpaired) electrons. The number of rotatable bonds is 6. The Morgan fingerprint density at radius 3 is 2.52 bits per heavy atom. The molecule has 0 aromatic heterocycles. The van der Waals surface area contributed by atoms with Crippen LogP contribution in [0.5, 0.6) is 5.75 Å². The second kappa shape index (κ2) is 8.95. The van der Waals surface area contributed by atoms with E-state index in [9.17, 15) is 4.79 Å². The molecule has 0 bridgehead atoms. The van der Waals surface area contributed by atoms with Crippen LogP contribution in [0.3, 0.4) is 0 Å². The second-order valence-electron chi connectivity index (χ2n) is 4.57. The van der Waals surface area contributed by atoms with Gasteiger partial charge in [0.1, 0.15) is 12.4 Å². The van der Waals surface area contributed by atoms with Crippen molar-refractivity contribution in [1.82, 2.24) is 5.43 Å². The zero-order valence-corrected chi connectivity index (χ0v) is 14.2. The summed E-state index contributed by atoms with van der Waals surface area (Å²) in [6.45, 7) is 2.55. The number of carbonyl (C=O) groups excluding carboxylic acids is 1. The summed E-state index contributed by atoms with van der Waals surface area (Å²) in [6.07, 6.45) is 0.966. The summed E-state index contributed by atoms with van der Waals surface area (Å²) in [5.74, 6) is 0.767. The van der Waals surface area contributed by atoms with Crippen LogP contribution in [0.15, 0.2) is 58.1 Å². The normalized spacial score (nSPS) is 10.5. The fourth-order valence-electron chi connectivity index (χ4n) is 1.72. The highest BCUT2D eigenvalue weighted by Gasteiger charge is 1.98. The van der Waals surface area contributed by atoms with Gasteiger partial charge in [0.15, 0.2) is 0 Å². The molecular formula is C17H17BrN2O3. The Morgan fingerprint density at radius 2 is 1.87 bits per heavy atom. The minimum absolute atomic E-state index is 0.311. The van der Waals surface area contributed by atoms with Crippen LogP contribution < -0.4 is 10.2 Å². The van der Waals surface area contributed by atoms with Crippen LogP contribution in [-0.2, 0) is 11.3 Å². The number of hydrazone groups is 1. The molecule has 120 valence electrons. The molecule has 2 aromatic rings. The van der Waals surface area contributed by atoms with Gasteiger partial charge < -0.3 is 9.47 Å². The Bertz CT molecular complexity index is 655. The maximum absolute atomic E-state index is 11.1. The zero-order valence-electron chi connectivity index (χ0n) is 12.7. The summed E-state index contributed by atoms with van der Waals surface area (Å²) in [7, 11) is 0. The molecule has 0 fully saturated rings. The standard InChI is InChI=1S/C17H17BrN2O3/c1-2-22-17(21)20-19-11-13-5-9-16(10-6-13)23-12-14-3-7-15(18)8-4-14/h3-11H,2,12H2,1H3,(H,20,21). The maximum Gasteiger partial charge on any atom is 0.427 e. The average Bonchev–Trinajstić information content (AvgIpc) is 2.56. The van der Waals surface area contributed by atoms with E-state index in [0.29, 0.717) is 13.2 Å². The number of nitrogens with one attached hydrogen (secondary N) is 1. The van der Waals surface area contributed by atoms with E-state index in [-0.39, 0.29) is 0 Å². The van der Waals surface area contributed by atoms with E-state index in [4.69, 9.17) is 9.47 Å². The molecule has 0 aliphatic rings. The van der Waals surface area contributed by atoms with E-state index in [1.807, 2.05) is 48.5 Å². The van der Waals surface area contributed by atoms with Crippen molar-refractivity contribution in [2.45, 2.75) is 13.5 Å². The van der Waals surface area contributed by atoms with Gasteiger partial charge in [-0.3, -0.25) is 0 Å². The summed E-state index contributed by atoms with van der Waals surface area (Å²) < 4.78 is 11.4. The van der Waals surface area contributed by atoms with Gasteiger partial charge in [-0.05, 0) is 54.4 Å². The third kappa shape index (κ3) is 6.12. The maximum atomic E-state index is 11.1. The van der Waals surface area contributed by atoms with Crippen molar-refractivity contribution in [1.29, 1.82) is 0 Å². The first kappa shape index (κ1) is 17.0. The fourth-order valence-corrected chi connectivity index (χ4v) is 1.98. The van der Waals surface area contributed by atoms with Crippen molar-refractivity contribution in [2.75, 3.05) is 6.61 Å². The summed E-state index contributed by atoms with van der Waals surface area (Å²) in [6, 6.07) is 15.4. The van der Waals surface area contributed by atoms with Crippen molar-refractivity contribution in [3.8, 4) is 5.75 Å².